The van der Waals surface area contributed by atoms with Crippen molar-refractivity contribution in [2.75, 3.05) is 0 Å². The average molecular weight is 233 g/mol. The molecule has 0 aromatic rings. The van der Waals surface area contributed by atoms with Crippen molar-refractivity contribution in [3.8, 4) is 0 Å². The van der Waals surface area contributed by atoms with E-state index in [2.05, 4.69) is 0 Å². The van der Waals surface area contributed by atoms with E-state index >= 15 is 0 Å². The van der Waals surface area contributed by atoms with Crippen molar-refractivity contribution in [2.24, 2.45) is 0 Å². The summed E-state index contributed by atoms with van der Waals surface area (Å²) in [4.78, 5) is 21.6. The quantitative estimate of drug-likeness (QED) is 0.376. The van der Waals surface area contributed by atoms with Crippen molar-refractivity contribution in [1.82, 2.24) is 0 Å². The molecule has 4 nitrogen and oxygen atoms in total. The second-order valence-electron chi connectivity index (χ2n) is 0.513. The van der Waals surface area contributed by atoms with Crippen LogP contribution in [0.2, 0.25) is 0 Å². The van der Waals surface area contributed by atoms with E-state index in [0.29, 0.717) is 0 Å². The third-order valence-electron chi connectivity index (χ3n) is 0. The van der Waals surface area contributed by atoms with Crippen molar-refractivity contribution >= 4 is 7.82 Å². The van der Waals surface area contributed by atoms with Gasteiger partial charge in [0.15, 0.2) is 0 Å². The molecule has 0 atom stereocenters. The van der Waals surface area contributed by atoms with Gasteiger partial charge in [-0.05, 0) is 0 Å². The minimum Gasteiger partial charge on any atom is -1.00 e. The summed E-state index contributed by atoms with van der Waals surface area (Å²) in [5.41, 5.74) is 0. The molecule has 0 heterocycles. The monoisotopic (exact) mass is 233 g/mol. The molecule has 0 amide bonds. The van der Waals surface area contributed by atoms with Crippen molar-refractivity contribution in [3.63, 3.8) is 0 Å². The molecule has 0 aromatic carbocycles. The fourth-order valence-electron chi connectivity index (χ4n) is 0. The Morgan fingerprint density at radius 1 is 1.50 bits per heavy atom. The van der Waals surface area contributed by atoms with E-state index in [1.807, 2.05) is 0 Å². The molecule has 0 saturated heterocycles. The van der Waals surface area contributed by atoms with E-state index in [9.17, 15) is 0 Å². The summed E-state index contributed by atoms with van der Waals surface area (Å²) in [5, 5.41) is 0. The Hall–Kier alpha value is 2.16. The maximum absolute atomic E-state index is 8.88. The molecule has 0 aromatic heterocycles. The van der Waals surface area contributed by atoms with Crippen molar-refractivity contribution in [3.05, 3.63) is 0 Å². The second-order valence-corrected chi connectivity index (χ2v) is 1.54. The molecule has 0 aliphatic rings. The third kappa shape index (κ3) is 35.1. The predicted octanol–water partition coefficient (Wildman–Crippen LogP) is -3.70. The molecule has 3 N–H and O–H groups in total. The summed E-state index contributed by atoms with van der Waals surface area (Å²) in [7, 11) is -4.64. The largest absolute Gasteiger partial charge is 1.00 e. The van der Waals surface area contributed by atoms with Gasteiger partial charge in [-0.25, -0.2) is 4.57 Å². The van der Waals surface area contributed by atoms with E-state index in [4.69, 9.17) is 19.2 Å². The van der Waals surface area contributed by atoms with Gasteiger partial charge in [0.1, 0.15) is 0 Å². The maximum atomic E-state index is 8.88. The van der Waals surface area contributed by atoms with E-state index in [1.165, 1.54) is 0 Å². The van der Waals surface area contributed by atoms with Crippen molar-refractivity contribution < 1.29 is 91.0 Å². The smallest absolute Gasteiger partial charge is 1.00 e. The first-order valence-corrected chi connectivity index (χ1v) is 2.35. The van der Waals surface area contributed by atoms with Crippen LogP contribution in [-0.2, 0) is 4.57 Å². The summed E-state index contributed by atoms with van der Waals surface area (Å²) < 4.78 is 8.88. The standard InChI is InChI=1S/Cs.H3O4P.H/c;1-5(2,3)4;/h;(H3,1,2,3,4);/q+1;;-1/p+1. The summed E-state index contributed by atoms with van der Waals surface area (Å²) in [5.74, 6) is 0. The summed E-state index contributed by atoms with van der Waals surface area (Å²) in [6.07, 6.45) is 0. The van der Waals surface area contributed by atoms with Gasteiger partial charge in [0.2, 0.25) is 0 Å². The van der Waals surface area contributed by atoms with Gasteiger partial charge in [-0.15, -0.1) is 0 Å². The Bertz CT molecular complexity index is 60.2. The van der Waals surface area contributed by atoms with E-state index in [1.54, 1.807) is 0 Å². The topological polar surface area (TPSA) is 77.8 Å². The molecule has 6 heteroatoms. The van der Waals surface area contributed by atoms with Crippen LogP contribution in [-0.4, -0.2) is 14.7 Å². The molecule has 0 radical (unpaired) electrons. The van der Waals surface area contributed by atoms with Gasteiger partial charge >= 0.3 is 78.1 Å². The number of hydrogen-bond acceptors (Lipinski definition) is 1. The third-order valence-corrected chi connectivity index (χ3v) is 0. The molecule has 0 spiro atoms. The van der Waals surface area contributed by atoms with Crippen LogP contribution in [0.25, 0.3) is 0 Å². The van der Waals surface area contributed by atoms with Gasteiger partial charge in [-0.3, -0.25) is 0 Å². The van der Waals surface area contributed by atoms with Crippen LogP contribution in [0.15, 0.2) is 0 Å². The molecule has 0 fully saturated rings. The molecule has 0 saturated carbocycles. The van der Waals surface area contributed by atoms with Crippen LogP contribution >= 0.6 is 7.82 Å². The summed E-state index contributed by atoms with van der Waals surface area (Å²) in [6, 6.07) is 0. The molecule has 0 rings (SSSR count). The van der Waals surface area contributed by atoms with Gasteiger partial charge in [0.05, 0.1) is 0 Å². The van der Waals surface area contributed by atoms with E-state index in [-0.39, 0.29) is 71.7 Å². The fraction of sp³-hybridized carbons (Fsp3) is 0. The summed E-state index contributed by atoms with van der Waals surface area (Å²) in [6.45, 7) is 0. The molecular weight excluding hydrogens is 228 g/mol. The molecule has 0 unspecified atom stereocenters. The van der Waals surface area contributed by atoms with Crippen LogP contribution in [0.5, 0.6) is 0 Å². The number of rotatable bonds is 0. The Kier molecular flexibility index (Phi) is 7.50. The van der Waals surface area contributed by atoms with E-state index in [0.717, 1.165) is 0 Å². The Balaban J connectivity index is -0.0000000267. The van der Waals surface area contributed by atoms with E-state index < -0.39 is 7.82 Å². The van der Waals surface area contributed by atoms with Crippen LogP contribution in [0.4, 0.5) is 0 Å². The molecule has 0 bridgehead atoms. The van der Waals surface area contributed by atoms with Gasteiger partial charge < -0.3 is 16.1 Å². The molecule has 34 valence electrons. The van der Waals surface area contributed by atoms with Crippen LogP contribution < -0.4 is 68.9 Å². The normalized spacial score (nSPS) is 9.83. The fourth-order valence-corrected chi connectivity index (χ4v) is 0. The van der Waals surface area contributed by atoms with Crippen molar-refractivity contribution in [1.29, 1.82) is 0 Å². The Morgan fingerprint density at radius 3 is 1.50 bits per heavy atom. The molecule has 0 aliphatic carbocycles. The first-order chi connectivity index (χ1) is 2.00. The van der Waals surface area contributed by atoms with Gasteiger partial charge in [-0.2, -0.15) is 0 Å². The van der Waals surface area contributed by atoms with Crippen LogP contribution in [0.1, 0.15) is 2.85 Å². The summed E-state index contributed by atoms with van der Waals surface area (Å²) >= 11 is 0. The molecular formula is H5CsO4P+. The maximum Gasteiger partial charge on any atom is 1.00 e. The number of phosphoric acid groups is 1. The van der Waals surface area contributed by atoms with Gasteiger partial charge in [0, 0.05) is 0 Å². The molecule has 6 heavy (non-hydrogen) atoms. The predicted molar refractivity (Wildman–Crippen MR) is 16.5 cm³/mol. The zero-order valence-electron chi connectivity index (χ0n) is 5.20. The first kappa shape index (κ1) is 11.0. The first-order valence-electron chi connectivity index (χ1n) is 0.783. The van der Waals surface area contributed by atoms with Gasteiger partial charge in [0.25, 0.3) is 0 Å². The van der Waals surface area contributed by atoms with Gasteiger partial charge in [-0.1, -0.05) is 0 Å². The zero-order chi connectivity index (χ0) is 4.50. The van der Waals surface area contributed by atoms with Crippen LogP contribution in [0.3, 0.4) is 0 Å². The van der Waals surface area contributed by atoms with Crippen molar-refractivity contribution in [2.45, 2.75) is 0 Å². The minimum absolute atomic E-state index is 0. The number of hydrogen-bond donors (Lipinski definition) is 3. The Morgan fingerprint density at radius 2 is 1.50 bits per heavy atom. The SMILES string of the molecule is O=P(O)(O)O.[Cs+].[H+].[H-]. The molecule has 0 aliphatic heterocycles. The van der Waals surface area contributed by atoms with Crippen LogP contribution in [0, 0.1) is 0 Å². The minimum atomic E-state index is -4.64. The average Bonchev–Trinajstić information content (AvgIpc) is 0.722. The Labute approximate surface area is 96.6 Å². The zero-order valence-corrected chi connectivity index (χ0v) is 10.4. The second kappa shape index (κ2) is 4.08.